The molecule has 1 heterocycles. The molecule has 0 radical (unpaired) electrons. The van der Waals surface area contributed by atoms with Gasteiger partial charge in [0, 0.05) is 17.3 Å². The molecule has 0 saturated carbocycles. The molecule has 8 nitrogen and oxygen atoms in total. The molecule has 0 atom stereocenters. The van der Waals surface area contributed by atoms with E-state index in [0.29, 0.717) is 42.6 Å². The van der Waals surface area contributed by atoms with E-state index in [1.807, 2.05) is 57.3 Å². The Kier molecular flexibility index (Phi) is 7.64. The van der Waals surface area contributed by atoms with Crippen LogP contribution in [0.5, 0.6) is 17.2 Å². The second-order valence-corrected chi connectivity index (χ2v) is 6.35. The highest BCUT2D eigenvalue weighted by Gasteiger charge is 2.18. The first kappa shape index (κ1) is 21.9. The van der Waals surface area contributed by atoms with Crippen LogP contribution in [0.3, 0.4) is 0 Å². The molecular formula is C23H26N4O4. The topological polar surface area (TPSA) is 87.0 Å². The highest BCUT2D eigenvalue weighted by molar-refractivity contribution is 5.96. The highest BCUT2D eigenvalue weighted by atomic mass is 16.5. The number of hydrazone groups is 1. The van der Waals surface area contributed by atoms with Gasteiger partial charge in [-0.05, 0) is 45.0 Å². The van der Waals surface area contributed by atoms with Gasteiger partial charge in [0.05, 0.1) is 37.9 Å². The van der Waals surface area contributed by atoms with Crippen LogP contribution in [0.2, 0.25) is 0 Å². The Balaban J connectivity index is 1.74. The molecule has 0 unspecified atom stereocenters. The minimum atomic E-state index is -0.392. The Morgan fingerprint density at radius 3 is 2.29 bits per heavy atom. The summed E-state index contributed by atoms with van der Waals surface area (Å²) in [5.74, 6) is 0.998. The van der Waals surface area contributed by atoms with Crippen LogP contribution in [0.15, 0.2) is 60.0 Å². The lowest BCUT2D eigenvalue weighted by molar-refractivity contribution is 0.0954. The summed E-state index contributed by atoms with van der Waals surface area (Å²) >= 11 is 0. The van der Waals surface area contributed by atoms with Crippen molar-refractivity contribution in [3.8, 4) is 22.9 Å². The van der Waals surface area contributed by atoms with Crippen LogP contribution in [0.4, 0.5) is 0 Å². The van der Waals surface area contributed by atoms with E-state index < -0.39 is 5.91 Å². The maximum atomic E-state index is 12.6. The molecule has 1 N–H and O–H groups in total. The molecule has 0 spiro atoms. The summed E-state index contributed by atoms with van der Waals surface area (Å²) in [5, 5.41) is 8.34. The van der Waals surface area contributed by atoms with Crippen molar-refractivity contribution in [2.24, 2.45) is 5.10 Å². The normalized spacial score (nSPS) is 10.8. The SMILES string of the molecule is CCOc1cc(C(=O)N/N=C\c2cnn(-c3ccccc3)c2)cc(OCC)c1OCC. The molecule has 0 aliphatic rings. The van der Waals surface area contributed by atoms with Crippen molar-refractivity contribution >= 4 is 12.1 Å². The summed E-state index contributed by atoms with van der Waals surface area (Å²) in [6, 6.07) is 13.0. The van der Waals surface area contributed by atoms with Gasteiger partial charge in [0.1, 0.15) is 0 Å². The zero-order valence-electron chi connectivity index (χ0n) is 17.9. The molecule has 0 saturated heterocycles. The van der Waals surface area contributed by atoms with E-state index in [1.165, 1.54) is 6.21 Å². The quantitative estimate of drug-likeness (QED) is 0.396. The Morgan fingerprint density at radius 1 is 1.03 bits per heavy atom. The Labute approximate surface area is 181 Å². The van der Waals surface area contributed by atoms with Crippen molar-refractivity contribution in [1.29, 1.82) is 0 Å². The summed E-state index contributed by atoms with van der Waals surface area (Å²) in [6.45, 7) is 6.92. The van der Waals surface area contributed by atoms with Crippen LogP contribution in [0.1, 0.15) is 36.7 Å². The van der Waals surface area contributed by atoms with Gasteiger partial charge in [-0.15, -0.1) is 0 Å². The highest BCUT2D eigenvalue weighted by Crippen LogP contribution is 2.39. The predicted molar refractivity (Wildman–Crippen MR) is 119 cm³/mol. The zero-order chi connectivity index (χ0) is 22.1. The molecule has 0 fully saturated rings. The number of carbonyl (C=O) groups excluding carboxylic acids is 1. The summed E-state index contributed by atoms with van der Waals surface area (Å²) in [5.41, 5.74) is 4.57. The van der Waals surface area contributed by atoms with E-state index in [2.05, 4.69) is 15.6 Å². The molecule has 1 aromatic heterocycles. The van der Waals surface area contributed by atoms with Gasteiger partial charge in [-0.25, -0.2) is 10.1 Å². The number of rotatable bonds is 10. The van der Waals surface area contributed by atoms with E-state index in [-0.39, 0.29) is 0 Å². The number of nitrogens with one attached hydrogen (secondary N) is 1. The van der Waals surface area contributed by atoms with Crippen LogP contribution >= 0.6 is 0 Å². The lowest BCUT2D eigenvalue weighted by atomic mass is 10.1. The lowest BCUT2D eigenvalue weighted by Crippen LogP contribution is -2.18. The van der Waals surface area contributed by atoms with Gasteiger partial charge in [-0.1, -0.05) is 18.2 Å². The maximum absolute atomic E-state index is 12.6. The number of para-hydroxylation sites is 1. The summed E-state index contributed by atoms with van der Waals surface area (Å²) in [6.07, 6.45) is 5.02. The minimum Gasteiger partial charge on any atom is -0.490 e. The number of aromatic nitrogens is 2. The molecule has 1 amide bonds. The predicted octanol–water partition coefficient (Wildman–Crippen LogP) is 3.83. The van der Waals surface area contributed by atoms with Crippen LogP contribution in [-0.2, 0) is 0 Å². The van der Waals surface area contributed by atoms with Crippen molar-refractivity contribution in [1.82, 2.24) is 15.2 Å². The minimum absolute atomic E-state index is 0.354. The fraction of sp³-hybridized carbons (Fsp3) is 0.261. The van der Waals surface area contributed by atoms with Crippen molar-refractivity contribution in [2.45, 2.75) is 20.8 Å². The standard InChI is InChI=1S/C23H26N4O4/c1-4-29-20-12-18(13-21(30-5-2)22(20)31-6-3)23(28)26-24-14-17-15-25-27(16-17)19-10-8-7-9-11-19/h7-16H,4-6H2,1-3H3,(H,26,28)/b24-14-. The fourth-order valence-electron chi connectivity index (χ4n) is 2.88. The average Bonchev–Trinajstić information content (AvgIpc) is 3.25. The maximum Gasteiger partial charge on any atom is 0.271 e. The molecule has 162 valence electrons. The Hall–Kier alpha value is -3.81. The van der Waals surface area contributed by atoms with Crippen LogP contribution in [-0.4, -0.2) is 41.7 Å². The van der Waals surface area contributed by atoms with Gasteiger partial charge in [0.25, 0.3) is 5.91 Å². The van der Waals surface area contributed by atoms with Gasteiger partial charge in [0.15, 0.2) is 11.5 Å². The van der Waals surface area contributed by atoms with Crippen molar-refractivity contribution in [2.75, 3.05) is 19.8 Å². The number of hydrogen-bond donors (Lipinski definition) is 1. The van der Waals surface area contributed by atoms with Gasteiger partial charge < -0.3 is 14.2 Å². The molecular weight excluding hydrogens is 396 g/mol. The van der Waals surface area contributed by atoms with E-state index in [0.717, 1.165) is 11.3 Å². The number of benzene rings is 2. The number of nitrogens with zero attached hydrogens (tertiary/aromatic N) is 3. The van der Waals surface area contributed by atoms with Gasteiger partial charge in [-0.3, -0.25) is 4.79 Å². The monoisotopic (exact) mass is 422 g/mol. The van der Waals surface area contributed by atoms with Gasteiger partial charge in [-0.2, -0.15) is 10.2 Å². The molecule has 0 aliphatic heterocycles. The molecule has 2 aromatic carbocycles. The number of amides is 1. The number of ether oxygens (including phenoxy) is 3. The molecule has 3 rings (SSSR count). The van der Waals surface area contributed by atoms with E-state index in [1.54, 1.807) is 23.0 Å². The summed E-state index contributed by atoms with van der Waals surface area (Å²) in [7, 11) is 0. The third-order valence-electron chi connectivity index (χ3n) is 4.17. The summed E-state index contributed by atoms with van der Waals surface area (Å²) in [4.78, 5) is 12.6. The first-order valence-corrected chi connectivity index (χ1v) is 10.2. The molecule has 3 aromatic rings. The third-order valence-corrected chi connectivity index (χ3v) is 4.17. The fourth-order valence-corrected chi connectivity index (χ4v) is 2.88. The van der Waals surface area contributed by atoms with Gasteiger partial charge in [0.2, 0.25) is 5.75 Å². The molecule has 8 heteroatoms. The first-order chi connectivity index (χ1) is 15.2. The van der Waals surface area contributed by atoms with Crippen molar-refractivity contribution in [3.05, 3.63) is 66.0 Å². The number of hydrogen-bond acceptors (Lipinski definition) is 6. The van der Waals surface area contributed by atoms with Gasteiger partial charge >= 0.3 is 0 Å². The zero-order valence-corrected chi connectivity index (χ0v) is 17.9. The second-order valence-electron chi connectivity index (χ2n) is 6.35. The van der Waals surface area contributed by atoms with E-state index in [4.69, 9.17) is 14.2 Å². The van der Waals surface area contributed by atoms with Crippen LogP contribution in [0, 0.1) is 0 Å². The smallest absolute Gasteiger partial charge is 0.271 e. The van der Waals surface area contributed by atoms with Crippen LogP contribution < -0.4 is 19.6 Å². The Morgan fingerprint density at radius 2 is 1.68 bits per heavy atom. The van der Waals surface area contributed by atoms with Crippen molar-refractivity contribution in [3.63, 3.8) is 0 Å². The third kappa shape index (κ3) is 5.63. The number of carbonyl (C=O) groups is 1. The summed E-state index contributed by atoms with van der Waals surface area (Å²) < 4.78 is 18.7. The van der Waals surface area contributed by atoms with E-state index in [9.17, 15) is 4.79 Å². The molecule has 0 bridgehead atoms. The second kappa shape index (κ2) is 10.8. The lowest BCUT2D eigenvalue weighted by Gasteiger charge is -2.16. The van der Waals surface area contributed by atoms with E-state index >= 15 is 0 Å². The van der Waals surface area contributed by atoms with Crippen molar-refractivity contribution < 1.29 is 19.0 Å². The largest absolute Gasteiger partial charge is 0.490 e. The average molecular weight is 422 g/mol. The molecule has 31 heavy (non-hydrogen) atoms. The molecule has 0 aliphatic carbocycles. The first-order valence-electron chi connectivity index (χ1n) is 10.2. The Bertz CT molecular complexity index is 1000. The van der Waals surface area contributed by atoms with Crippen LogP contribution in [0.25, 0.3) is 5.69 Å².